The molecule has 1 amide bonds. The third kappa shape index (κ3) is 5.99. The molecule has 0 saturated carbocycles. The maximum absolute atomic E-state index is 13.3. The molecule has 0 N–H and O–H groups in total. The monoisotopic (exact) mass is 630 g/mol. The fourth-order valence-electron chi connectivity index (χ4n) is 6.08. The van der Waals surface area contributed by atoms with Crippen LogP contribution in [0.3, 0.4) is 0 Å². The fraction of sp³-hybridized carbons (Fsp3) is 0.361. The first-order valence-electron chi connectivity index (χ1n) is 15.3. The molecule has 0 spiro atoms. The van der Waals surface area contributed by atoms with E-state index in [1.54, 1.807) is 53.6 Å². The Kier molecular flexibility index (Phi) is 9.84. The molecule has 1 aromatic heterocycles. The minimum Gasteiger partial charge on any atom is -0.493 e. The molecule has 3 aromatic carbocycles. The normalized spacial score (nSPS) is 11.7. The van der Waals surface area contributed by atoms with Crippen LogP contribution in [0.5, 0.6) is 40.2 Å². The zero-order chi connectivity index (χ0) is 33.0. The lowest BCUT2D eigenvalue weighted by atomic mass is 9.90. The number of hydrogen-bond donors (Lipinski definition) is 0. The van der Waals surface area contributed by atoms with Crippen molar-refractivity contribution in [3.63, 3.8) is 0 Å². The Balaban J connectivity index is 1.78. The molecule has 1 aliphatic rings. The lowest BCUT2D eigenvalue weighted by Crippen LogP contribution is -2.33. The van der Waals surface area contributed by atoms with Gasteiger partial charge in [-0.05, 0) is 67.3 Å². The quantitative estimate of drug-likeness (QED) is 0.168. The Morgan fingerprint density at radius 1 is 0.674 bits per heavy atom. The van der Waals surface area contributed by atoms with E-state index in [0.29, 0.717) is 65.3 Å². The molecule has 244 valence electrons. The molecule has 10 heteroatoms. The number of rotatable bonds is 12. The van der Waals surface area contributed by atoms with Gasteiger partial charge in [-0.3, -0.25) is 0 Å². The third-order valence-electron chi connectivity index (χ3n) is 8.49. The van der Waals surface area contributed by atoms with Crippen LogP contribution in [0.1, 0.15) is 30.5 Å². The Morgan fingerprint density at radius 2 is 1.24 bits per heavy atom. The molecular weight excluding hydrogens is 588 g/mol. The molecular formula is C36H42N2O8. The van der Waals surface area contributed by atoms with E-state index in [1.807, 2.05) is 44.2 Å². The van der Waals surface area contributed by atoms with Crippen molar-refractivity contribution in [2.75, 3.05) is 55.7 Å². The van der Waals surface area contributed by atoms with Crippen LogP contribution in [0.4, 0.5) is 4.79 Å². The van der Waals surface area contributed by atoms with Gasteiger partial charge in [-0.1, -0.05) is 6.07 Å². The molecule has 0 unspecified atom stereocenters. The van der Waals surface area contributed by atoms with Crippen LogP contribution in [-0.2, 0) is 19.4 Å². The van der Waals surface area contributed by atoms with Crippen molar-refractivity contribution in [3.8, 4) is 62.6 Å². The van der Waals surface area contributed by atoms with E-state index in [0.717, 1.165) is 46.5 Å². The summed E-state index contributed by atoms with van der Waals surface area (Å²) in [6, 6.07) is 13.6. The van der Waals surface area contributed by atoms with Gasteiger partial charge in [0.2, 0.25) is 0 Å². The molecule has 0 saturated heterocycles. The van der Waals surface area contributed by atoms with Crippen LogP contribution < -0.4 is 33.2 Å². The number of hydrogen-bond acceptors (Lipinski definition) is 8. The molecule has 0 aliphatic carbocycles. The van der Waals surface area contributed by atoms with Crippen LogP contribution in [-0.4, -0.2) is 71.3 Å². The maximum Gasteiger partial charge on any atom is 0.415 e. The molecule has 46 heavy (non-hydrogen) atoms. The van der Waals surface area contributed by atoms with Gasteiger partial charge in [0.05, 0.1) is 48.4 Å². The van der Waals surface area contributed by atoms with Gasteiger partial charge in [-0.2, -0.15) is 0 Å². The summed E-state index contributed by atoms with van der Waals surface area (Å²) in [5, 5.41) is 0. The van der Waals surface area contributed by atoms with E-state index in [4.69, 9.17) is 33.2 Å². The number of aryl methyl sites for hydroxylation is 2. The minimum atomic E-state index is -0.439. The molecule has 2 heterocycles. The zero-order valence-corrected chi connectivity index (χ0v) is 27.8. The van der Waals surface area contributed by atoms with Crippen molar-refractivity contribution in [1.29, 1.82) is 0 Å². The van der Waals surface area contributed by atoms with Crippen molar-refractivity contribution in [3.05, 3.63) is 65.4 Å². The lowest BCUT2D eigenvalue weighted by molar-refractivity contribution is 0.157. The SMILES string of the molecule is CCN(CC)C(=O)Oc1cc(OC)c(OC)cc1-c1cn2c(c1Cc1ccc(OC)c(OC)c1)-c1cc(OC)c(OC)cc1CC2. The number of amides is 1. The highest BCUT2D eigenvalue weighted by Crippen LogP contribution is 2.48. The predicted molar refractivity (Wildman–Crippen MR) is 177 cm³/mol. The van der Waals surface area contributed by atoms with Crippen molar-refractivity contribution in [2.45, 2.75) is 33.2 Å². The maximum atomic E-state index is 13.3. The van der Waals surface area contributed by atoms with Gasteiger partial charge in [0.1, 0.15) is 5.75 Å². The molecule has 0 bridgehead atoms. The van der Waals surface area contributed by atoms with Crippen LogP contribution >= 0.6 is 0 Å². The van der Waals surface area contributed by atoms with Crippen LogP contribution in [0.15, 0.2) is 48.7 Å². The summed E-state index contributed by atoms with van der Waals surface area (Å²) in [6.45, 7) is 5.63. The Bertz CT molecular complexity index is 1720. The van der Waals surface area contributed by atoms with Crippen LogP contribution in [0.2, 0.25) is 0 Å². The number of benzene rings is 3. The molecule has 0 atom stereocenters. The summed E-state index contributed by atoms with van der Waals surface area (Å²) in [6.07, 6.45) is 3.04. The summed E-state index contributed by atoms with van der Waals surface area (Å²) in [4.78, 5) is 14.9. The average molecular weight is 631 g/mol. The van der Waals surface area contributed by atoms with E-state index >= 15 is 0 Å². The van der Waals surface area contributed by atoms with Crippen molar-refractivity contribution >= 4 is 6.09 Å². The number of aromatic nitrogens is 1. The van der Waals surface area contributed by atoms with Gasteiger partial charge in [0.25, 0.3) is 0 Å². The highest BCUT2D eigenvalue weighted by Gasteiger charge is 2.29. The highest BCUT2D eigenvalue weighted by atomic mass is 16.6. The molecule has 10 nitrogen and oxygen atoms in total. The summed E-state index contributed by atoms with van der Waals surface area (Å²) >= 11 is 0. The first-order chi connectivity index (χ1) is 22.3. The standard InChI is InChI=1S/C36H42N2O8/c1-9-37(10-2)36(39)46-29-20-34(45-8)33(44-7)19-25(29)27-21-38-14-13-23-17-31(42-5)32(43-6)18-24(23)35(38)26(27)15-22-11-12-28(40-3)30(16-22)41-4/h11-12,16-21H,9-10,13-15H2,1-8H3. The van der Waals surface area contributed by atoms with Gasteiger partial charge in [0.15, 0.2) is 34.5 Å². The first-order valence-corrected chi connectivity index (χ1v) is 15.3. The van der Waals surface area contributed by atoms with E-state index in [2.05, 4.69) is 16.8 Å². The molecule has 0 fully saturated rings. The fourth-order valence-corrected chi connectivity index (χ4v) is 6.08. The first kappa shape index (κ1) is 32.4. The van der Waals surface area contributed by atoms with E-state index < -0.39 is 6.09 Å². The smallest absolute Gasteiger partial charge is 0.415 e. The second kappa shape index (κ2) is 14.0. The van der Waals surface area contributed by atoms with Crippen LogP contribution in [0, 0.1) is 0 Å². The van der Waals surface area contributed by atoms with Gasteiger partial charge < -0.3 is 42.6 Å². The molecule has 0 radical (unpaired) electrons. The van der Waals surface area contributed by atoms with E-state index in [-0.39, 0.29) is 0 Å². The summed E-state index contributed by atoms with van der Waals surface area (Å²) in [5.41, 5.74) is 6.91. The second-order valence-electron chi connectivity index (χ2n) is 10.8. The number of fused-ring (bicyclic) bond motifs is 3. The van der Waals surface area contributed by atoms with Crippen molar-refractivity contribution < 1.29 is 38.0 Å². The van der Waals surface area contributed by atoms with E-state index in [1.165, 1.54) is 0 Å². The topological polar surface area (TPSA) is 89.9 Å². The molecule has 5 rings (SSSR count). The largest absolute Gasteiger partial charge is 0.493 e. The Labute approximate surface area is 270 Å². The van der Waals surface area contributed by atoms with Crippen LogP contribution in [0.25, 0.3) is 22.4 Å². The number of nitrogens with zero attached hydrogens (tertiary/aromatic N) is 2. The summed E-state index contributed by atoms with van der Waals surface area (Å²) in [5.74, 6) is 3.98. The van der Waals surface area contributed by atoms with Crippen molar-refractivity contribution in [2.24, 2.45) is 0 Å². The lowest BCUT2D eigenvalue weighted by Gasteiger charge is -2.23. The number of methoxy groups -OCH3 is 6. The molecule has 1 aliphatic heterocycles. The summed E-state index contributed by atoms with van der Waals surface area (Å²) in [7, 11) is 9.69. The number of ether oxygens (including phenoxy) is 7. The van der Waals surface area contributed by atoms with Gasteiger partial charge in [-0.25, -0.2) is 4.79 Å². The van der Waals surface area contributed by atoms with E-state index in [9.17, 15) is 4.79 Å². The number of carbonyl (C=O) groups is 1. The average Bonchev–Trinajstić information content (AvgIpc) is 3.45. The van der Waals surface area contributed by atoms with Gasteiger partial charge in [-0.15, -0.1) is 0 Å². The zero-order valence-electron chi connectivity index (χ0n) is 27.8. The minimum absolute atomic E-state index is 0.374. The van der Waals surface area contributed by atoms with Crippen molar-refractivity contribution in [1.82, 2.24) is 9.47 Å². The summed E-state index contributed by atoms with van der Waals surface area (Å²) < 4.78 is 42.2. The van der Waals surface area contributed by atoms with Gasteiger partial charge >= 0.3 is 6.09 Å². The van der Waals surface area contributed by atoms with Gasteiger partial charge in [0, 0.05) is 55.0 Å². The Hall–Kier alpha value is -4.99. The highest BCUT2D eigenvalue weighted by molar-refractivity contribution is 5.86. The third-order valence-corrected chi connectivity index (χ3v) is 8.49. The predicted octanol–water partition coefficient (Wildman–Crippen LogP) is 6.86. The Morgan fingerprint density at radius 3 is 1.85 bits per heavy atom. The number of carbonyl (C=O) groups excluding carboxylic acids is 1. The molecule has 4 aromatic rings. The second-order valence-corrected chi connectivity index (χ2v) is 10.8.